The number of aryl methyl sites for hydroxylation is 1. The molecule has 2 rings (SSSR count). The van der Waals surface area contributed by atoms with E-state index in [9.17, 15) is 4.39 Å². The molecule has 0 aromatic heterocycles. The topological polar surface area (TPSA) is 44.5 Å². The second kappa shape index (κ2) is 6.09. The summed E-state index contributed by atoms with van der Waals surface area (Å²) in [6.07, 6.45) is 0. The molecule has 0 fully saturated rings. The van der Waals surface area contributed by atoms with Crippen molar-refractivity contribution >= 4 is 5.69 Å². The van der Waals surface area contributed by atoms with Crippen molar-refractivity contribution in [3.8, 4) is 11.5 Å². The van der Waals surface area contributed by atoms with Crippen molar-refractivity contribution in [3.63, 3.8) is 0 Å². The summed E-state index contributed by atoms with van der Waals surface area (Å²) in [7, 11) is 0. The van der Waals surface area contributed by atoms with Crippen LogP contribution in [0.3, 0.4) is 0 Å². The third-order valence-corrected chi connectivity index (χ3v) is 2.62. The molecule has 0 spiro atoms. The highest BCUT2D eigenvalue weighted by Crippen LogP contribution is 2.19. The van der Waals surface area contributed by atoms with Gasteiger partial charge in [0.25, 0.3) is 0 Å². The van der Waals surface area contributed by atoms with Crippen LogP contribution in [0.15, 0.2) is 42.5 Å². The second-order valence-electron chi connectivity index (χ2n) is 4.16. The molecule has 3 nitrogen and oxygen atoms in total. The summed E-state index contributed by atoms with van der Waals surface area (Å²) >= 11 is 0. The Balaban J connectivity index is 1.82. The minimum atomic E-state index is -0.327. The summed E-state index contributed by atoms with van der Waals surface area (Å²) in [5.74, 6) is 0.593. The summed E-state index contributed by atoms with van der Waals surface area (Å²) in [6, 6.07) is 12.2. The average Bonchev–Trinajstić information content (AvgIpc) is 2.39. The van der Waals surface area contributed by atoms with Crippen molar-refractivity contribution < 1.29 is 13.9 Å². The molecule has 2 aromatic rings. The first-order valence-electron chi connectivity index (χ1n) is 6.03. The van der Waals surface area contributed by atoms with Crippen LogP contribution < -0.4 is 15.2 Å². The van der Waals surface area contributed by atoms with Crippen molar-refractivity contribution in [3.05, 3.63) is 53.8 Å². The van der Waals surface area contributed by atoms with Gasteiger partial charge in [0.1, 0.15) is 19.0 Å². The number of nitrogens with two attached hydrogens (primary N) is 1. The van der Waals surface area contributed by atoms with Crippen molar-refractivity contribution in [1.82, 2.24) is 0 Å². The van der Waals surface area contributed by atoms with Crippen molar-refractivity contribution in [1.29, 1.82) is 0 Å². The van der Waals surface area contributed by atoms with Gasteiger partial charge < -0.3 is 15.2 Å². The lowest BCUT2D eigenvalue weighted by Gasteiger charge is -2.10. The first kappa shape index (κ1) is 13.2. The van der Waals surface area contributed by atoms with Gasteiger partial charge in [-0.1, -0.05) is 18.2 Å². The number of hydrogen-bond donors (Lipinski definition) is 1. The van der Waals surface area contributed by atoms with E-state index < -0.39 is 0 Å². The fourth-order valence-electron chi connectivity index (χ4n) is 1.65. The predicted molar refractivity (Wildman–Crippen MR) is 73.0 cm³/mol. The highest BCUT2D eigenvalue weighted by Gasteiger charge is 2.05. The molecule has 2 N–H and O–H groups in total. The lowest BCUT2D eigenvalue weighted by Crippen LogP contribution is -2.10. The minimum Gasteiger partial charge on any atom is -0.490 e. The molecule has 19 heavy (non-hydrogen) atoms. The maximum atomic E-state index is 13.6. The number of nitrogen functional groups attached to an aromatic ring is 1. The normalized spacial score (nSPS) is 10.2. The fourth-order valence-corrected chi connectivity index (χ4v) is 1.65. The van der Waals surface area contributed by atoms with Gasteiger partial charge in [0.05, 0.1) is 0 Å². The summed E-state index contributed by atoms with van der Waals surface area (Å²) in [5.41, 5.74) is 6.84. The molecule has 0 saturated heterocycles. The SMILES string of the molecule is Cc1cccc(OCCOc2cccc(N)c2)c1F. The second-order valence-corrected chi connectivity index (χ2v) is 4.16. The highest BCUT2D eigenvalue weighted by atomic mass is 19.1. The summed E-state index contributed by atoms with van der Waals surface area (Å²) < 4.78 is 24.4. The average molecular weight is 261 g/mol. The molecule has 0 atom stereocenters. The molecule has 0 amide bonds. The summed E-state index contributed by atoms with van der Waals surface area (Å²) in [4.78, 5) is 0. The Morgan fingerprint density at radius 1 is 1.05 bits per heavy atom. The Hall–Kier alpha value is -2.23. The van der Waals surface area contributed by atoms with Crippen LogP contribution in [0.1, 0.15) is 5.56 Å². The number of anilines is 1. The molecule has 100 valence electrons. The third kappa shape index (κ3) is 3.61. The van der Waals surface area contributed by atoms with Crippen LogP contribution in [0.5, 0.6) is 11.5 Å². The Labute approximate surface area is 111 Å². The first-order chi connectivity index (χ1) is 9.16. The molecule has 0 heterocycles. The Morgan fingerprint density at radius 3 is 2.58 bits per heavy atom. The van der Waals surface area contributed by atoms with Crippen LogP contribution in [0.2, 0.25) is 0 Å². The van der Waals surface area contributed by atoms with Crippen LogP contribution in [-0.4, -0.2) is 13.2 Å². The van der Waals surface area contributed by atoms with E-state index in [2.05, 4.69) is 0 Å². The monoisotopic (exact) mass is 261 g/mol. The smallest absolute Gasteiger partial charge is 0.167 e. The molecule has 2 aromatic carbocycles. The van der Waals surface area contributed by atoms with Crippen LogP contribution in [0, 0.1) is 12.7 Å². The van der Waals surface area contributed by atoms with Gasteiger partial charge in [-0.25, -0.2) is 4.39 Å². The molecular weight excluding hydrogens is 245 g/mol. The molecule has 4 heteroatoms. The van der Waals surface area contributed by atoms with E-state index in [0.29, 0.717) is 23.6 Å². The lowest BCUT2D eigenvalue weighted by atomic mass is 10.2. The minimum absolute atomic E-state index is 0.246. The van der Waals surface area contributed by atoms with Gasteiger partial charge in [0, 0.05) is 11.8 Å². The Bertz CT molecular complexity index is 558. The van der Waals surface area contributed by atoms with Gasteiger partial charge in [-0.05, 0) is 30.7 Å². The van der Waals surface area contributed by atoms with Crippen molar-refractivity contribution in [2.45, 2.75) is 6.92 Å². The van der Waals surface area contributed by atoms with Crippen molar-refractivity contribution in [2.24, 2.45) is 0 Å². The number of rotatable bonds is 5. The van der Waals surface area contributed by atoms with E-state index in [1.165, 1.54) is 0 Å². The first-order valence-corrected chi connectivity index (χ1v) is 6.03. The predicted octanol–water partition coefficient (Wildman–Crippen LogP) is 3.17. The largest absolute Gasteiger partial charge is 0.490 e. The maximum Gasteiger partial charge on any atom is 0.167 e. The van der Waals surface area contributed by atoms with Crippen LogP contribution >= 0.6 is 0 Å². The van der Waals surface area contributed by atoms with Gasteiger partial charge in [0.2, 0.25) is 0 Å². The fraction of sp³-hybridized carbons (Fsp3) is 0.200. The van der Waals surface area contributed by atoms with Gasteiger partial charge >= 0.3 is 0 Å². The molecule has 0 bridgehead atoms. The molecule has 0 unspecified atom stereocenters. The molecule has 0 aliphatic rings. The Morgan fingerprint density at radius 2 is 1.79 bits per heavy atom. The van der Waals surface area contributed by atoms with E-state index in [4.69, 9.17) is 15.2 Å². The molecule has 0 saturated carbocycles. The van der Waals surface area contributed by atoms with Gasteiger partial charge in [-0.2, -0.15) is 0 Å². The zero-order valence-electron chi connectivity index (χ0n) is 10.7. The zero-order valence-corrected chi connectivity index (χ0v) is 10.7. The number of hydrogen-bond acceptors (Lipinski definition) is 3. The number of benzene rings is 2. The van der Waals surface area contributed by atoms with E-state index in [0.717, 1.165) is 0 Å². The third-order valence-electron chi connectivity index (χ3n) is 2.62. The Kier molecular flexibility index (Phi) is 4.23. The molecule has 0 aliphatic carbocycles. The zero-order chi connectivity index (χ0) is 13.7. The maximum absolute atomic E-state index is 13.6. The van der Waals surface area contributed by atoms with Crippen molar-refractivity contribution in [2.75, 3.05) is 18.9 Å². The van der Waals surface area contributed by atoms with Gasteiger partial charge in [-0.3, -0.25) is 0 Å². The van der Waals surface area contributed by atoms with Crippen LogP contribution in [0.25, 0.3) is 0 Å². The van der Waals surface area contributed by atoms with E-state index in [1.54, 1.807) is 37.3 Å². The quantitative estimate of drug-likeness (QED) is 0.664. The number of halogens is 1. The van der Waals surface area contributed by atoms with Crippen LogP contribution in [-0.2, 0) is 0 Å². The van der Waals surface area contributed by atoms with E-state index in [-0.39, 0.29) is 18.2 Å². The van der Waals surface area contributed by atoms with E-state index in [1.807, 2.05) is 12.1 Å². The highest BCUT2D eigenvalue weighted by molar-refractivity contribution is 5.43. The summed E-state index contributed by atoms with van der Waals surface area (Å²) in [5, 5.41) is 0. The molecular formula is C15H16FNO2. The number of ether oxygens (including phenoxy) is 2. The standard InChI is InChI=1S/C15H16FNO2/c1-11-4-2-7-14(15(11)16)19-9-8-18-13-6-3-5-12(17)10-13/h2-7,10H,8-9,17H2,1H3. The lowest BCUT2D eigenvalue weighted by molar-refractivity contribution is 0.211. The van der Waals surface area contributed by atoms with Gasteiger partial charge in [-0.15, -0.1) is 0 Å². The summed E-state index contributed by atoms with van der Waals surface area (Å²) in [6.45, 7) is 2.30. The van der Waals surface area contributed by atoms with Crippen LogP contribution in [0.4, 0.5) is 10.1 Å². The molecule has 0 radical (unpaired) electrons. The van der Waals surface area contributed by atoms with Gasteiger partial charge in [0.15, 0.2) is 11.6 Å². The van der Waals surface area contributed by atoms with E-state index >= 15 is 0 Å². The molecule has 0 aliphatic heterocycles.